The molecular weight excluding hydrogens is 450 g/mol. The molecule has 4 amide bonds. The number of hydrogen-bond acceptors (Lipinski definition) is 6. The average molecular weight is 482 g/mol. The molecule has 0 bridgehead atoms. The van der Waals surface area contributed by atoms with Crippen LogP contribution in [0.1, 0.15) is 49.0 Å². The highest BCUT2D eigenvalue weighted by Gasteiger charge is 2.46. The number of carbonyl (C=O) groups is 4. The lowest BCUT2D eigenvalue weighted by Gasteiger charge is -2.30. The van der Waals surface area contributed by atoms with Crippen LogP contribution < -0.4 is 19.8 Å². The van der Waals surface area contributed by atoms with Gasteiger partial charge in [-0.1, -0.05) is 26.0 Å². The Hall–Kier alpha value is -3.88. The highest BCUT2D eigenvalue weighted by molar-refractivity contribution is 6.23. The Bertz CT molecular complexity index is 1130. The van der Waals surface area contributed by atoms with Gasteiger partial charge in [0.05, 0.1) is 26.3 Å². The number of benzene rings is 2. The number of hydrogen-bond donors (Lipinski definition) is 1. The molecular formula is C26H31N3O6. The molecule has 3 rings (SSSR count). The summed E-state index contributed by atoms with van der Waals surface area (Å²) in [5.74, 6) is -1.66. The second-order valence-corrected chi connectivity index (χ2v) is 8.36. The van der Waals surface area contributed by atoms with E-state index in [0.29, 0.717) is 30.0 Å². The van der Waals surface area contributed by atoms with Crippen LogP contribution in [0, 0.1) is 12.8 Å². The highest BCUT2D eigenvalue weighted by Crippen LogP contribution is 2.29. The van der Waals surface area contributed by atoms with E-state index in [9.17, 15) is 19.2 Å². The molecule has 9 heteroatoms. The molecule has 2 aromatic rings. The molecule has 0 spiro atoms. The Morgan fingerprint density at radius 3 is 2.34 bits per heavy atom. The third-order valence-electron chi connectivity index (χ3n) is 6.13. The van der Waals surface area contributed by atoms with Crippen molar-refractivity contribution < 1.29 is 28.7 Å². The van der Waals surface area contributed by atoms with E-state index in [2.05, 4.69) is 5.43 Å². The number of nitrogens with zero attached hydrogens (tertiary/aromatic N) is 2. The predicted molar refractivity (Wildman–Crippen MR) is 130 cm³/mol. The van der Waals surface area contributed by atoms with E-state index in [4.69, 9.17) is 9.47 Å². The van der Waals surface area contributed by atoms with Crippen LogP contribution in [0.15, 0.2) is 42.5 Å². The Balaban J connectivity index is 1.95. The van der Waals surface area contributed by atoms with Crippen LogP contribution in [0.25, 0.3) is 0 Å². The number of nitrogens with one attached hydrogen (secondary N) is 1. The van der Waals surface area contributed by atoms with E-state index in [-0.39, 0.29) is 12.0 Å². The molecule has 1 fully saturated rings. The summed E-state index contributed by atoms with van der Waals surface area (Å²) in [6, 6.07) is 10.4. The Kier molecular flexibility index (Phi) is 8.11. The average Bonchev–Trinajstić information content (AvgIpc) is 3.15. The van der Waals surface area contributed by atoms with Gasteiger partial charge in [0.2, 0.25) is 11.8 Å². The zero-order valence-electron chi connectivity index (χ0n) is 20.7. The third-order valence-corrected chi connectivity index (χ3v) is 6.13. The molecule has 0 saturated carbocycles. The van der Waals surface area contributed by atoms with Gasteiger partial charge >= 0.3 is 0 Å². The van der Waals surface area contributed by atoms with Crippen LogP contribution in [-0.2, 0) is 14.4 Å². The van der Waals surface area contributed by atoms with E-state index < -0.39 is 35.6 Å². The van der Waals surface area contributed by atoms with Crippen molar-refractivity contribution in [3.63, 3.8) is 0 Å². The number of methoxy groups -OCH3 is 2. The van der Waals surface area contributed by atoms with Gasteiger partial charge < -0.3 is 9.47 Å². The predicted octanol–water partition coefficient (Wildman–Crippen LogP) is 3.25. The van der Waals surface area contributed by atoms with Gasteiger partial charge in [-0.25, -0.2) is 9.91 Å². The lowest BCUT2D eigenvalue weighted by molar-refractivity contribution is -0.145. The molecule has 0 radical (unpaired) electrons. The molecule has 1 heterocycles. The second kappa shape index (κ2) is 11.0. The van der Waals surface area contributed by atoms with Crippen molar-refractivity contribution in [3.05, 3.63) is 53.6 Å². The summed E-state index contributed by atoms with van der Waals surface area (Å²) < 4.78 is 10.5. The van der Waals surface area contributed by atoms with Crippen molar-refractivity contribution in [2.24, 2.45) is 5.92 Å². The fourth-order valence-corrected chi connectivity index (χ4v) is 4.13. The summed E-state index contributed by atoms with van der Waals surface area (Å²) in [4.78, 5) is 53.9. The SMILES string of the molecule is CCC(CC)C(=O)N(NC(=O)c1ccc(OC)c(OC)c1)C1CC(=O)N(c2cccc(C)c2)C1=O. The van der Waals surface area contributed by atoms with Crippen LogP contribution >= 0.6 is 0 Å². The van der Waals surface area contributed by atoms with Crippen molar-refractivity contribution in [2.45, 2.75) is 46.1 Å². The maximum atomic E-state index is 13.4. The lowest BCUT2D eigenvalue weighted by atomic mass is 10.0. The smallest absolute Gasteiger partial charge is 0.270 e. The first kappa shape index (κ1) is 25.7. The minimum Gasteiger partial charge on any atom is -0.493 e. The van der Waals surface area contributed by atoms with Gasteiger partial charge in [0.1, 0.15) is 6.04 Å². The van der Waals surface area contributed by atoms with E-state index in [1.165, 1.54) is 26.4 Å². The molecule has 35 heavy (non-hydrogen) atoms. The Morgan fingerprint density at radius 2 is 1.74 bits per heavy atom. The largest absolute Gasteiger partial charge is 0.493 e. The topological polar surface area (TPSA) is 105 Å². The molecule has 1 aliphatic heterocycles. The van der Waals surface area contributed by atoms with Crippen molar-refractivity contribution in [2.75, 3.05) is 19.1 Å². The quantitative estimate of drug-likeness (QED) is 0.458. The number of imide groups is 1. The van der Waals surface area contributed by atoms with Crippen molar-refractivity contribution in [3.8, 4) is 11.5 Å². The summed E-state index contributed by atoms with van der Waals surface area (Å²) in [5, 5.41) is 1.03. The number of hydrazine groups is 1. The van der Waals surface area contributed by atoms with Gasteiger partial charge in [-0.2, -0.15) is 0 Å². The first-order valence-electron chi connectivity index (χ1n) is 11.5. The van der Waals surface area contributed by atoms with Crippen molar-refractivity contribution in [1.29, 1.82) is 0 Å². The maximum Gasteiger partial charge on any atom is 0.270 e. The van der Waals surface area contributed by atoms with Crippen LogP contribution in [0.3, 0.4) is 0 Å². The highest BCUT2D eigenvalue weighted by atomic mass is 16.5. The summed E-state index contributed by atoms with van der Waals surface area (Å²) in [6.45, 7) is 5.58. The second-order valence-electron chi connectivity index (χ2n) is 8.36. The Morgan fingerprint density at radius 1 is 1.06 bits per heavy atom. The number of carbonyl (C=O) groups excluding carboxylic acids is 4. The van der Waals surface area contributed by atoms with E-state index >= 15 is 0 Å². The number of anilines is 1. The monoisotopic (exact) mass is 481 g/mol. The fraction of sp³-hybridized carbons (Fsp3) is 0.385. The number of rotatable bonds is 8. The molecule has 1 N–H and O–H groups in total. The maximum absolute atomic E-state index is 13.4. The van der Waals surface area contributed by atoms with E-state index in [1.54, 1.807) is 24.3 Å². The van der Waals surface area contributed by atoms with Gasteiger partial charge in [0.15, 0.2) is 11.5 Å². The molecule has 186 valence electrons. The Labute approximate surface area is 205 Å². The zero-order chi connectivity index (χ0) is 25.7. The minimum atomic E-state index is -1.15. The third kappa shape index (κ3) is 5.29. The van der Waals surface area contributed by atoms with Gasteiger partial charge in [-0.15, -0.1) is 0 Å². The molecule has 0 aromatic heterocycles. The number of ether oxygens (including phenoxy) is 2. The fourth-order valence-electron chi connectivity index (χ4n) is 4.13. The van der Waals surface area contributed by atoms with Crippen molar-refractivity contribution >= 4 is 29.3 Å². The summed E-state index contributed by atoms with van der Waals surface area (Å²) in [5.41, 5.74) is 4.12. The zero-order valence-corrected chi connectivity index (χ0v) is 20.7. The number of aryl methyl sites for hydroxylation is 1. The van der Waals surface area contributed by atoms with Gasteiger partial charge in [0.25, 0.3) is 11.8 Å². The summed E-state index contributed by atoms with van der Waals surface area (Å²) in [6.07, 6.45) is 0.813. The van der Waals surface area contributed by atoms with Crippen molar-refractivity contribution in [1.82, 2.24) is 10.4 Å². The molecule has 2 aromatic carbocycles. The number of amides is 4. The molecule has 1 atom stereocenters. The van der Waals surface area contributed by atoms with Crippen LogP contribution in [-0.4, -0.2) is 48.9 Å². The molecule has 9 nitrogen and oxygen atoms in total. The first-order valence-corrected chi connectivity index (χ1v) is 11.5. The molecule has 0 aliphatic carbocycles. The van der Waals surface area contributed by atoms with Gasteiger partial charge in [-0.3, -0.25) is 24.6 Å². The summed E-state index contributed by atoms with van der Waals surface area (Å²) >= 11 is 0. The standard InChI is InChI=1S/C26H31N3O6/c1-6-17(7-2)25(32)29(27-24(31)18-11-12-21(34-4)22(14-18)35-5)20-15-23(30)28(26(20)33)19-10-8-9-16(3)13-19/h8-14,17,20H,6-7,15H2,1-5H3,(H,27,31). The summed E-state index contributed by atoms with van der Waals surface area (Å²) in [7, 11) is 2.93. The van der Waals surface area contributed by atoms with Gasteiger partial charge in [-0.05, 0) is 55.7 Å². The van der Waals surface area contributed by atoms with E-state index in [1.807, 2.05) is 26.8 Å². The minimum absolute atomic E-state index is 0.206. The van der Waals surface area contributed by atoms with Crippen LogP contribution in [0.5, 0.6) is 11.5 Å². The first-order chi connectivity index (χ1) is 16.7. The molecule has 1 unspecified atom stereocenters. The molecule has 1 aliphatic rings. The van der Waals surface area contributed by atoms with Crippen LogP contribution in [0.4, 0.5) is 5.69 Å². The van der Waals surface area contributed by atoms with E-state index in [0.717, 1.165) is 15.5 Å². The molecule has 1 saturated heterocycles. The normalized spacial score (nSPS) is 15.4. The van der Waals surface area contributed by atoms with Crippen LogP contribution in [0.2, 0.25) is 0 Å². The van der Waals surface area contributed by atoms with Gasteiger partial charge in [0, 0.05) is 11.5 Å². The lowest BCUT2D eigenvalue weighted by Crippen LogP contribution is -2.56.